The van der Waals surface area contributed by atoms with Crippen LogP contribution in [0.2, 0.25) is 0 Å². The van der Waals surface area contributed by atoms with Gasteiger partial charge in [0.05, 0.1) is 11.0 Å². The Bertz CT molecular complexity index is 704. The first-order valence-electron chi connectivity index (χ1n) is 6.24. The first-order chi connectivity index (χ1) is 9.29. The Kier molecular flexibility index (Phi) is 2.02. The molecule has 7 nitrogen and oxygen atoms in total. The third-order valence-corrected chi connectivity index (χ3v) is 3.12. The summed E-state index contributed by atoms with van der Waals surface area (Å²) in [4.78, 5) is 11.8. The molecule has 1 aliphatic carbocycles. The number of nitrogen functional groups attached to an aromatic ring is 1. The van der Waals surface area contributed by atoms with Gasteiger partial charge in [0.1, 0.15) is 0 Å². The number of fused-ring (bicyclic) bond motifs is 1. The van der Waals surface area contributed by atoms with E-state index in [0.717, 1.165) is 11.0 Å². The summed E-state index contributed by atoms with van der Waals surface area (Å²) in [7, 11) is 0. The fraction of sp³-hybridized carbons (Fsp3) is 0.250. The number of aromatic nitrogens is 5. The minimum Gasteiger partial charge on any atom is -0.368 e. The minimum atomic E-state index is 0.321. The van der Waals surface area contributed by atoms with E-state index < -0.39 is 0 Å². The summed E-state index contributed by atoms with van der Waals surface area (Å²) in [5.74, 6) is 1.46. The number of anilines is 2. The van der Waals surface area contributed by atoms with Gasteiger partial charge < -0.3 is 16.0 Å². The van der Waals surface area contributed by atoms with Crippen molar-refractivity contribution in [3.05, 3.63) is 24.3 Å². The van der Waals surface area contributed by atoms with Gasteiger partial charge in [0.15, 0.2) is 0 Å². The third-order valence-electron chi connectivity index (χ3n) is 3.12. The van der Waals surface area contributed by atoms with E-state index in [4.69, 9.17) is 5.73 Å². The van der Waals surface area contributed by atoms with Crippen LogP contribution in [0.15, 0.2) is 24.3 Å². The predicted octanol–water partition coefficient (Wildman–Crippen LogP) is 1.30. The Morgan fingerprint density at radius 1 is 1.26 bits per heavy atom. The van der Waals surface area contributed by atoms with Gasteiger partial charge in [-0.2, -0.15) is 9.67 Å². The molecule has 96 valence electrons. The van der Waals surface area contributed by atoms with Gasteiger partial charge >= 0.3 is 0 Å². The molecule has 7 heteroatoms. The van der Waals surface area contributed by atoms with Crippen LogP contribution >= 0.6 is 0 Å². The largest absolute Gasteiger partial charge is 0.368 e. The van der Waals surface area contributed by atoms with Gasteiger partial charge in [-0.3, -0.25) is 0 Å². The summed E-state index contributed by atoms with van der Waals surface area (Å²) in [6.45, 7) is 0. The molecular formula is C12H13N7. The van der Waals surface area contributed by atoms with Crippen molar-refractivity contribution < 1.29 is 0 Å². The van der Waals surface area contributed by atoms with Gasteiger partial charge in [0, 0.05) is 6.04 Å². The van der Waals surface area contributed by atoms with Crippen LogP contribution in [-0.2, 0) is 0 Å². The van der Waals surface area contributed by atoms with Crippen LogP contribution in [0.5, 0.6) is 0 Å². The molecule has 4 N–H and O–H groups in total. The number of nitrogens with one attached hydrogen (secondary N) is 2. The lowest BCUT2D eigenvalue weighted by atomic mass is 10.3. The molecular weight excluding hydrogens is 242 g/mol. The first-order valence-corrected chi connectivity index (χ1v) is 6.24. The molecule has 0 aliphatic heterocycles. The highest BCUT2D eigenvalue weighted by Gasteiger charge is 2.23. The quantitative estimate of drug-likeness (QED) is 0.655. The number of benzene rings is 1. The summed E-state index contributed by atoms with van der Waals surface area (Å²) >= 11 is 0. The van der Waals surface area contributed by atoms with E-state index in [-0.39, 0.29) is 0 Å². The summed E-state index contributed by atoms with van der Waals surface area (Å²) in [5, 5.41) is 7.55. The van der Waals surface area contributed by atoms with Gasteiger partial charge in [-0.25, -0.2) is 4.98 Å². The molecule has 0 unspecified atom stereocenters. The lowest BCUT2D eigenvalue weighted by molar-refractivity contribution is 0.837. The predicted molar refractivity (Wildman–Crippen MR) is 72.1 cm³/mol. The average Bonchev–Trinajstić information content (AvgIpc) is 2.99. The molecule has 1 aromatic carbocycles. The Balaban J connectivity index is 1.75. The monoisotopic (exact) mass is 255 g/mol. The minimum absolute atomic E-state index is 0.321. The zero-order valence-electron chi connectivity index (χ0n) is 10.2. The summed E-state index contributed by atoms with van der Waals surface area (Å²) in [6, 6.07) is 8.28. The molecule has 2 heterocycles. The number of imidazole rings is 1. The lowest BCUT2D eigenvalue weighted by Crippen LogP contribution is -2.05. The zero-order chi connectivity index (χ0) is 12.8. The smallest absolute Gasteiger partial charge is 0.244 e. The van der Waals surface area contributed by atoms with Gasteiger partial charge in [0.25, 0.3) is 0 Å². The van der Waals surface area contributed by atoms with E-state index in [1.165, 1.54) is 17.5 Å². The van der Waals surface area contributed by atoms with Crippen LogP contribution in [0.1, 0.15) is 12.8 Å². The zero-order valence-corrected chi connectivity index (χ0v) is 10.2. The molecule has 3 aromatic rings. The van der Waals surface area contributed by atoms with Gasteiger partial charge in [-0.1, -0.05) is 12.1 Å². The maximum absolute atomic E-state index is 5.88. The first kappa shape index (κ1) is 10.4. The van der Waals surface area contributed by atoms with Crippen molar-refractivity contribution in [1.29, 1.82) is 0 Å². The van der Waals surface area contributed by atoms with E-state index in [2.05, 4.69) is 25.4 Å². The summed E-state index contributed by atoms with van der Waals surface area (Å²) in [6.07, 6.45) is 2.33. The highest BCUT2D eigenvalue weighted by Crippen LogP contribution is 2.24. The molecule has 0 atom stereocenters. The van der Waals surface area contributed by atoms with Crippen LogP contribution in [-0.4, -0.2) is 30.8 Å². The Labute approximate surface area is 108 Å². The number of hydrogen-bond donors (Lipinski definition) is 3. The van der Waals surface area contributed by atoms with Crippen molar-refractivity contribution in [2.45, 2.75) is 18.9 Å². The maximum atomic E-state index is 5.88. The fourth-order valence-corrected chi connectivity index (χ4v) is 1.99. The van der Waals surface area contributed by atoms with E-state index >= 15 is 0 Å². The Hall–Kier alpha value is -2.57. The van der Waals surface area contributed by atoms with Crippen molar-refractivity contribution in [2.75, 3.05) is 11.1 Å². The third kappa shape index (κ3) is 1.79. The van der Waals surface area contributed by atoms with E-state index in [1.807, 2.05) is 24.3 Å². The van der Waals surface area contributed by atoms with Crippen molar-refractivity contribution in [3.63, 3.8) is 0 Å². The lowest BCUT2D eigenvalue weighted by Gasteiger charge is -1.96. The Morgan fingerprint density at radius 2 is 2.11 bits per heavy atom. The van der Waals surface area contributed by atoms with Crippen LogP contribution in [0.25, 0.3) is 17.0 Å². The van der Waals surface area contributed by atoms with E-state index in [9.17, 15) is 0 Å². The number of aromatic amines is 1. The molecule has 4 rings (SSSR count). The number of hydrogen-bond acceptors (Lipinski definition) is 5. The topological polar surface area (TPSA) is 97.4 Å². The molecule has 0 saturated heterocycles. The van der Waals surface area contributed by atoms with Crippen molar-refractivity contribution in [2.24, 2.45) is 0 Å². The fourth-order valence-electron chi connectivity index (χ4n) is 1.99. The molecule has 1 fully saturated rings. The molecule has 0 spiro atoms. The van der Waals surface area contributed by atoms with Crippen LogP contribution in [0, 0.1) is 0 Å². The van der Waals surface area contributed by atoms with Crippen LogP contribution in [0.3, 0.4) is 0 Å². The SMILES string of the molecule is Nc1nc(NC2CC2)nn1-c1nc2ccccc2[nH]1. The molecule has 2 aromatic heterocycles. The van der Waals surface area contributed by atoms with Crippen molar-refractivity contribution >= 4 is 22.9 Å². The van der Waals surface area contributed by atoms with E-state index in [0.29, 0.717) is 23.9 Å². The second-order valence-corrected chi connectivity index (χ2v) is 4.70. The van der Waals surface area contributed by atoms with Gasteiger partial charge in [-0.15, -0.1) is 5.10 Å². The molecule has 1 saturated carbocycles. The van der Waals surface area contributed by atoms with Gasteiger partial charge in [0.2, 0.25) is 17.8 Å². The molecule has 0 radical (unpaired) electrons. The van der Waals surface area contributed by atoms with Gasteiger partial charge in [-0.05, 0) is 25.0 Å². The van der Waals surface area contributed by atoms with E-state index in [1.54, 1.807) is 0 Å². The van der Waals surface area contributed by atoms with Crippen LogP contribution in [0.4, 0.5) is 11.9 Å². The number of nitrogens with two attached hydrogens (primary N) is 1. The number of rotatable bonds is 3. The summed E-state index contributed by atoms with van der Waals surface area (Å²) in [5.41, 5.74) is 7.71. The number of para-hydroxylation sites is 2. The standard InChI is InChI=1S/C12H13N7/c13-10-17-11(14-7-5-6-7)18-19(10)12-15-8-3-1-2-4-9(8)16-12/h1-4,7H,5-6H2,(H,15,16)(H3,13,14,17,18). The molecule has 1 aliphatic rings. The van der Waals surface area contributed by atoms with Crippen molar-refractivity contribution in [1.82, 2.24) is 24.7 Å². The van der Waals surface area contributed by atoms with Crippen molar-refractivity contribution in [3.8, 4) is 5.95 Å². The normalized spacial score (nSPS) is 14.9. The molecule has 19 heavy (non-hydrogen) atoms. The average molecular weight is 255 g/mol. The molecule has 0 amide bonds. The maximum Gasteiger partial charge on any atom is 0.244 e. The summed E-state index contributed by atoms with van der Waals surface area (Å²) < 4.78 is 1.52. The highest BCUT2D eigenvalue weighted by atomic mass is 15.5. The molecule has 0 bridgehead atoms. The number of H-pyrrole nitrogens is 1. The second kappa shape index (κ2) is 3.71. The van der Waals surface area contributed by atoms with Crippen LogP contribution < -0.4 is 11.1 Å². The number of nitrogens with zero attached hydrogens (tertiary/aromatic N) is 4. The highest BCUT2D eigenvalue weighted by molar-refractivity contribution is 5.76. The Morgan fingerprint density at radius 3 is 2.89 bits per heavy atom. The second-order valence-electron chi connectivity index (χ2n) is 4.70.